The van der Waals surface area contributed by atoms with Gasteiger partial charge in [-0.15, -0.1) is 0 Å². The fourth-order valence-corrected chi connectivity index (χ4v) is 3.81. The van der Waals surface area contributed by atoms with Crippen LogP contribution in [0.4, 0.5) is 15.6 Å². The van der Waals surface area contributed by atoms with Crippen LogP contribution in [0.15, 0.2) is 53.7 Å². The summed E-state index contributed by atoms with van der Waals surface area (Å²) in [5.41, 5.74) is 12.8. The number of amides is 2. The van der Waals surface area contributed by atoms with Crippen LogP contribution >= 0.6 is 11.3 Å². The molecule has 0 saturated heterocycles. The maximum Gasteiger partial charge on any atom is 0.325 e. The molecule has 0 fully saturated rings. The minimum absolute atomic E-state index is 0.0234. The van der Waals surface area contributed by atoms with Gasteiger partial charge in [0.25, 0.3) is 0 Å². The Hall–Kier alpha value is -3.92. The lowest BCUT2D eigenvalue weighted by Crippen LogP contribution is -2.23. The minimum Gasteiger partial charge on any atom is -0.496 e. The van der Waals surface area contributed by atoms with Crippen LogP contribution in [0.2, 0.25) is 0 Å². The fourth-order valence-electron chi connectivity index (χ4n) is 3.01. The van der Waals surface area contributed by atoms with E-state index in [2.05, 4.69) is 20.6 Å². The third-order valence-corrected chi connectivity index (χ3v) is 5.60. The number of benzene rings is 2. The number of anilines is 2. The van der Waals surface area contributed by atoms with E-state index in [4.69, 9.17) is 16.2 Å². The minimum atomic E-state index is -0.529. The number of hydrogen-bond donors (Lipinski definition) is 4. The molecule has 9 nitrogen and oxygen atoms in total. The number of methoxy groups -OCH3 is 1. The van der Waals surface area contributed by atoms with E-state index in [0.29, 0.717) is 27.7 Å². The third kappa shape index (κ3) is 5.41. The maximum absolute atomic E-state index is 13.2. The quantitative estimate of drug-likeness (QED) is 0.244. The summed E-state index contributed by atoms with van der Waals surface area (Å²) in [6.07, 6.45) is 1.60. The van der Waals surface area contributed by atoms with Gasteiger partial charge < -0.3 is 21.5 Å². The second-order valence-corrected chi connectivity index (χ2v) is 8.02. The number of aromatic nitrogens is 1. The number of thiazole rings is 1. The first-order valence-electron chi connectivity index (χ1n) is 9.69. The first kappa shape index (κ1) is 22.8. The van der Waals surface area contributed by atoms with Crippen LogP contribution in [0.5, 0.6) is 5.75 Å². The van der Waals surface area contributed by atoms with Crippen molar-refractivity contribution >= 4 is 39.9 Å². The van der Waals surface area contributed by atoms with Gasteiger partial charge in [0.2, 0.25) is 0 Å². The zero-order valence-corrected chi connectivity index (χ0v) is 18.7. The molecule has 0 aliphatic heterocycles. The van der Waals surface area contributed by atoms with Crippen molar-refractivity contribution in [3.05, 3.63) is 70.2 Å². The molecule has 0 aliphatic carbocycles. The predicted octanol–water partition coefficient (Wildman–Crippen LogP) is 3.67. The lowest BCUT2D eigenvalue weighted by atomic mass is 9.99. The molecule has 1 unspecified atom stereocenters. The number of nitrogens with zero attached hydrogens (tertiary/aromatic N) is 2. The number of guanidine groups is 1. The highest BCUT2D eigenvalue weighted by Gasteiger charge is 2.19. The van der Waals surface area contributed by atoms with Gasteiger partial charge in [0.05, 0.1) is 29.3 Å². The van der Waals surface area contributed by atoms with Gasteiger partial charge >= 0.3 is 6.03 Å². The molecular formula is C22H24N6O3S. The topological polar surface area (TPSA) is 145 Å². The smallest absolute Gasteiger partial charge is 0.325 e. The van der Waals surface area contributed by atoms with Crippen molar-refractivity contribution in [2.24, 2.45) is 16.5 Å². The normalized spacial score (nSPS) is 11.3. The zero-order valence-electron chi connectivity index (χ0n) is 17.9. The Morgan fingerprint density at radius 3 is 2.59 bits per heavy atom. The Balaban J connectivity index is 1.80. The number of nitrogens with one attached hydrogen (secondary N) is 2. The van der Waals surface area contributed by atoms with Crippen molar-refractivity contribution in [2.45, 2.75) is 19.9 Å². The number of nitrogens with two attached hydrogens (primary N) is 2. The Labute approximate surface area is 189 Å². The molecule has 166 valence electrons. The number of ketones is 1. The number of hydrogen-bond acceptors (Lipinski definition) is 6. The average Bonchev–Trinajstić information content (AvgIpc) is 3.22. The van der Waals surface area contributed by atoms with Crippen molar-refractivity contribution in [1.29, 1.82) is 0 Å². The molecule has 3 aromatic rings. The fraction of sp³-hybridized carbons (Fsp3) is 0.182. The molecule has 1 aromatic heterocycles. The third-order valence-electron chi connectivity index (χ3n) is 4.52. The number of aliphatic imine (C=N–C) groups is 1. The van der Waals surface area contributed by atoms with Gasteiger partial charge in [-0.25, -0.2) is 14.8 Å². The largest absolute Gasteiger partial charge is 0.496 e. The van der Waals surface area contributed by atoms with Gasteiger partial charge in [-0.2, -0.15) is 0 Å². The van der Waals surface area contributed by atoms with Crippen molar-refractivity contribution in [3.8, 4) is 5.75 Å². The monoisotopic (exact) mass is 452 g/mol. The van der Waals surface area contributed by atoms with Crippen LogP contribution in [-0.2, 0) is 0 Å². The van der Waals surface area contributed by atoms with Gasteiger partial charge in [0, 0.05) is 11.8 Å². The predicted molar refractivity (Wildman–Crippen MR) is 127 cm³/mol. The molecular weight excluding hydrogens is 428 g/mol. The molecule has 0 spiro atoms. The summed E-state index contributed by atoms with van der Waals surface area (Å²) in [6.45, 7) is 3.69. The molecule has 1 heterocycles. The number of para-hydroxylation sites is 1. The van der Waals surface area contributed by atoms with Gasteiger partial charge in [0.15, 0.2) is 16.9 Å². The van der Waals surface area contributed by atoms with Crippen LogP contribution in [0.1, 0.15) is 39.3 Å². The standard InChI is InChI=1S/C22H24N6O3S/c1-12-8-9-16(15(10-12)19(29)14-6-4-5-7-17(14)31-3)27-21(30)28-22-25-11-18(32-22)13(2)26-20(23)24/h4-11,13H,1-3H3,(H4,23,24,26)(H2,25,27,28,30). The van der Waals surface area contributed by atoms with E-state index in [-0.39, 0.29) is 17.8 Å². The second kappa shape index (κ2) is 9.92. The molecule has 3 rings (SSSR count). The summed E-state index contributed by atoms with van der Waals surface area (Å²) in [6, 6.07) is 11.4. The van der Waals surface area contributed by atoms with Crippen LogP contribution in [0.3, 0.4) is 0 Å². The summed E-state index contributed by atoms with van der Waals surface area (Å²) >= 11 is 1.25. The van der Waals surface area contributed by atoms with Crippen LogP contribution in [0.25, 0.3) is 0 Å². The van der Waals surface area contributed by atoms with Crippen LogP contribution in [0, 0.1) is 6.92 Å². The number of urea groups is 1. The van der Waals surface area contributed by atoms with Gasteiger partial charge in [-0.05, 0) is 38.1 Å². The number of carbonyl (C=O) groups excluding carboxylic acids is 2. The SMILES string of the molecule is COc1ccccc1C(=O)c1cc(C)ccc1NC(=O)Nc1ncc(C(C)N=C(N)N)s1. The van der Waals surface area contributed by atoms with E-state index in [9.17, 15) is 9.59 Å². The highest BCUT2D eigenvalue weighted by atomic mass is 32.1. The Bertz CT molecular complexity index is 1170. The summed E-state index contributed by atoms with van der Waals surface area (Å²) in [4.78, 5) is 34.8. The first-order valence-corrected chi connectivity index (χ1v) is 10.5. The van der Waals surface area contributed by atoms with Crippen LogP contribution in [-0.4, -0.2) is 29.9 Å². The van der Waals surface area contributed by atoms with Gasteiger partial charge in [0.1, 0.15) is 5.75 Å². The lowest BCUT2D eigenvalue weighted by molar-refractivity contribution is 0.103. The van der Waals surface area contributed by atoms with E-state index in [1.807, 2.05) is 19.9 Å². The van der Waals surface area contributed by atoms with E-state index < -0.39 is 6.03 Å². The van der Waals surface area contributed by atoms with Crippen molar-refractivity contribution in [2.75, 3.05) is 17.7 Å². The molecule has 10 heteroatoms. The number of carbonyl (C=O) groups is 2. The molecule has 0 saturated carbocycles. The Kier molecular flexibility index (Phi) is 7.06. The highest BCUT2D eigenvalue weighted by Crippen LogP contribution is 2.28. The lowest BCUT2D eigenvalue weighted by Gasteiger charge is -2.13. The molecule has 0 bridgehead atoms. The molecule has 0 radical (unpaired) electrons. The summed E-state index contributed by atoms with van der Waals surface area (Å²) in [5, 5.41) is 5.78. The highest BCUT2D eigenvalue weighted by molar-refractivity contribution is 7.15. The molecule has 6 N–H and O–H groups in total. The first-order chi connectivity index (χ1) is 15.3. The molecule has 2 amide bonds. The number of rotatable bonds is 7. The molecule has 1 atom stereocenters. The van der Waals surface area contributed by atoms with Crippen LogP contribution < -0.4 is 26.8 Å². The van der Waals surface area contributed by atoms with Crippen molar-refractivity contribution in [3.63, 3.8) is 0 Å². The number of aryl methyl sites for hydroxylation is 1. The van der Waals surface area contributed by atoms with E-state index in [1.165, 1.54) is 18.4 Å². The molecule has 2 aromatic carbocycles. The molecule has 0 aliphatic rings. The Morgan fingerprint density at radius 2 is 1.88 bits per heavy atom. The summed E-state index contributed by atoms with van der Waals surface area (Å²) in [5.74, 6) is 0.174. The second-order valence-electron chi connectivity index (χ2n) is 6.96. The Morgan fingerprint density at radius 1 is 1.12 bits per heavy atom. The zero-order chi connectivity index (χ0) is 23.3. The van der Waals surface area contributed by atoms with Gasteiger partial charge in [-0.3, -0.25) is 10.1 Å². The molecule has 32 heavy (non-hydrogen) atoms. The summed E-state index contributed by atoms with van der Waals surface area (Å²) < 4.78 is 5.31. The van der Waals surface area contributed by atoms with E-state index >= 15 is 0 Å². The van der Waals surface area contributed by atoms with Gasteiger partial charge in [-0.1, -0.05) is 35.1 Å². The number of ether oxygens (including phenoxy) is 1. The van der Waals surface area contributed by atoms with Crippen molar-refractivity contribution in [1.82, 2.24) is 4.98 Å². The van der Waals surface area contributed by atoms with E-state index in [1.54, 1.807) is 42.6 Å². The van der Waals surface area contributed by atoms with E-state index in [0.717, 1.165) is 10.4 Å². The van der Waals surface area contributed by atoms with Crippen molar-refractivity contribution < 1.29 is 14.3 Å². The summed E-state index contributed by atoms with van der Waals surface area (Å²) in [7, 11) is 1.51. The average molecular weight is 453 g/mol. The maximum atomic E-state index is 13.2.